The number of hydrogen-bond donors (Lipinski definition) is 0. The topological polar surface area (TPSA) is 8.17 Å². The molecule has 0 bridgehead atoms. The van der Waals surface area contributed by atoms with Crippen molar-refractivity contribution in [2.24, 2.45) is 0 Å². The first-order valence-electron chi connectivity index (χ1n) is 22.0. The summed E-state index contributed by atoms with van der Waals surface area (Å²) in [6, 6.07) is 92.6. The predicted molar refractivity (Wildman–Crippen MR) is 272 cm³/mol. The number of benzene rings is 11. The maximum absolute atomic E-state index is 2.41. The highest BCUT2D eigenvalue weighted by Gasteiger charge is 2.19. The van der Waals surface area contributed by atoms with Gasteiger partial charge in [-0.2, -0.15) is 0 Å². The molecule has 300 valence electrons. The molecule has 0 saturated heterocycles. The monoisotopic (exact) mass is 814 g/mol. The molecule has 2 nitrogen and oxygen atoms in total. The van der Waals surface area contributed by atoms with E-state index < -0.39 is 0 Å². The fourth-order valence-corrected chi connectivity index (χ4v) is 9.70. The Morgan fingerprint density at radius 3 is 1.42 bits per heavy atom. The lowest BCUT2D eigenvalue weighted by Gasteiger charge is -2.28. The van der Waals surface area contributed by atoms with Gasteiger partial charge in [0, 0.05) is 33.3 Å². The van der Waals surface area contributed by atoms with Crippen molar-refractivity contribution in [3.8, 4) is 50.2 Å². The largest absolute Gasteiger partial charge is 0.310 e. The van der Waals surface area contributed by atoms with Crippen LogP contribution in [0.1, 0.15) is 0 Å². The molecule has 2 heteroatoms. The molecule has 0 unspecified atom stereocenters. The third kappa shape index (κ3) is 6.52. The van der Waals surface area contributed by atoms with Crippen LogP contribution in [0.2, 0.25) is 0 Å². The molecule has 1 aromatic heterocycles. The zero-order chi connectivity index (χ0) is 42.4. The Hall–Kier alpha value is -8.46. The van der Waals surface area contributed by atoms with Crippen molar-refractivity contribution >= 4 is 60.4 Å². The molecule has 0 aliphatic rings. The molecule has 11 aromatic carbocycles. The summed E-state index contributed by atoms with van der Waals surface area (Å²) in [6.45, 7) is 0. The molecule has 0 N–H and O–H groups in total. The molecule has 0 amide bonds. The van der Waals surface area contributed by atoms with Crippen LogP contribution in [-0.4, -0.2) is 4.57 Å². The lowest BCUT2D eigenvalue weighted by Crippen LogP contribution is -2.11. The van der Waals surface area contributed by atoms with Crippen LogP contribution in [0.25, 0.3) is 93.5 Å². The predicted octanol–water partition coefficient (Wildman–Crippen LogP) is 17.2. The van der Waals surface area contributed by atoms with Crippen molar-refractivity contribution in [3.05, 3.63) is 255 Å². The third-order valence-electron chi connectivity index (χ3n) is 12.8. The Morgan fingerprint density at radius 1 is 0.266 bits per heavy atom. The number of rotatable bonds is 8. The highest BCUT2D eigenvalue weighted by atomic mass is 15.1. The van der Waals surface area contributed by atoms with Crippen LogP contribution in [0, 0.1) is 0 Å². The van der Waals surface area contributed by atoms with Crippen LogP contribution in [0.3, 0.4) is 0 Å². The van der Waals surface area contributed by atoms with Crippen LogP contribution in [0.5, 0.6) is 0 Å². The van der Waals surface area contributed by atoms with E-state index in [1.165, 1.54) is 93.5 Å². The molecule has 0 saturated carbocycles. The van der Waals surface area contributed by atoms with E-state index in [9.17, 15) is 0 Å². The molecule has 0 aliphatic heterocycles. The van der Waals surface area contributed by atoms with Crippen LogP contribution < -0.4 is 4.90 Å². The Bertz CT molecular complexity index is 3590. The number of hydrogen-bond acceptors (Lipinski definition) is 1. The van der Waals surface area contributed by atoms with Gasteiger partial charge in [0.2, 0.25) is 0 Å². The minimum Gasteiger partial charge on any atom is -0.310 e. The van der Waals surface area contributed by atoms with Gasteiger partial charge >= 0.3 is 0 Å². The third-order valence-corrected chi connectivity index (χ3v) is 12.8. The van der Waals surface area contributed by atoms with Gasteiger partial charge in [0.15, 0.2) is 0 Å². The number of para-hydroxylation sites is 4. The SMILES string of the molecule is c1ccc(N(c2ccc(-c3ccc(-c4ccccc4-n4c5ccccc5c5ccccc54)cc3)cc2)c2ccc(-c3cccc4ccccc34)cc2)c(-c2ccc3ccccc3c2)c1. The van der Waals surface area contributed by atoms with Crippen LogP contribution in [-0.2, 0) is 0 Å². The van der Waals surface area contributed by atoms with Crippen LogP contribution in [0.15, 0.2) is 255 Å². The molecule has 1 heterocycles. The summed E-state index contributed by atoms with van der Waals surface area (Å²) in [4.78, 5) is 2.40. The first-order chi connectivity index (χ1) is 31.7. The summed E-state index contributed by atoms with van der Waals surface area (Å²) in [5, 5.41) is 7.49. The van der Waals surface area contributed by atoms with E-state index in [0.29, 0.717) is 0 Å². The average molecular weight is 815 g/mol. The lowest BCUT2D eigenvalue weighted by molar-refractivity contribution is 1.18. The lowest BCUT2D eigenvalue weighted by atomic mass is 9.97. The number of nitrogens with zero attached hydrogens (tertiary/aromatic N) is 2. The summed E-state index contributed by atoms with van der Waals surface area (Å²) < 4.78 is 2.41. The van der Waals surface area contributed by atoms with Crippen molar-refractivity contribution < 1.29 is 0 Å². The van der Waals surface area contributed by atoms with Gasteiger partial charge in [-0.1, -0.05) is 200 Å². The summed E-state index contributed by atoms with van der Waals surface area (Å²) in [6.07, 6.45) is 0. The number of aromatic nitrogens is 1. The number of fused-ring (bicyclic) bond motifs is 5. The quantitative estimate of drug-likeness (QED) is 0.148. The van der Waals surface area contributed by atoms with Crippen molar-refractivity contribution in [2.75, 3.05) is 4.90 Å². The molecule has 12 rings (SSSR count). The Kier molecular flexibility index (Phi) is 9.20. The zero-order valence-corrected chi connectivity index (χ0v) is 35.1. The van der Waals surface area contributed by atoms with Gasteiger partial charge in [0.1, 0.15) is 0 Å². The second kappa shape index (κ2) is 15.8. The Balaban J connectivity index is 0.919. The first kappa shape index (κ1) is 37.3. The second-order valence-corrected chi connectivity index (χ2v) is 16.5. The molecule has 0 fully saturated rings. The molecular formula is C62H42N2. The van der Waals surface area contributed by atoms with E-state index in [1.54, 1.807) is 0 Å². The van der Waals surface area contributed by atoms with Crippen molar-refractivity contribution in [1.82, 2.24) is 4.57 Å². The van der Waals surface area contributed by atoms with E-state index >= 15 is 0 Å². The van der Waals surface area contributed by atoms with Crippen molar-refractivity contribution in [2.45, 2.75) is 0 Å². The summed E-state index contributed by atoms with van der Waals surface area (Å²) >= 11 is 0. The highest BCUT2D eigenvalue weighted by Crippen LogP contribution is 2.43. The molecule has 0 atom stereocenters. The van der Waals surface area contributed by atoms with Crippen molar-refractivity contribution in [1.29, 1.82) is 0 Å². The van der Waals surface area contributed by atoms with E-state index in [1.807, 2.05) is 0 Å². The fraction of sp³-hybridized carbons (Fsp3) is 0. The van der Waals surface area contributed by atoms with E-state index in [4.69, 9.17) is 0 Å². The van der Waals surface area contributed by atoms with Gasteiger partial charge in [-0.05, 0) is 110 Å². The van der Waals surface area contributed by atoms with E-state index in [2.05, 4.69) is 264 Å². The average Bonchev–Trinajstić information content (AvgIpc) is 3.71. The summed E-state index contributed by atoms with van der Waals surface area (Å²) in [7, 11) is 0. The first-order valence-corrected chi connectivity index (χ1v) is 22.0. The number of anilines is 3. The molecule has 0 spiro atoms. The standard InChI is InChI=1S/C62H42N2/c1-2-16-49-42-50(33-30-43(49)14-1)56-20-6-9-24-59(56)63(52-40-36-47(37-41-52)54-23-13-17-46-15-3-4-18-53(46)54)51-38-34-45(35-39-51)44-28-31-48(32-29-44)55-19-5-10-25-60(55)64-61-26-11-7-21-57(61)58-22-8-12-27-62(58)64/h1-42H. The maximum Gasteiger partial charge on any atom is 0.0541 e. The van der Waals surface area contributed by atoms with Gasteiger partial charge in [-0.25, -0.2) is 0 Å². The van der Waals surface area contributed by atoms with Crippen LogP contribution in [0.4, 0.5) is 17.1 Å². The smallest absolute Gasteiger partial charge is 0.0541 e. The second-order valence-electron chi connectivity index (χ2n) is 16.5. The van der Waals surface area contributed by atoms with Gasteiger partial charge in [0.05, 0.1) is 22.4 Å². The minimum absolute atomic E-state index is 1.09. The molecule has 0 aliphatic carbocycles. The Morgan fingerprint density at radius 2 is 0.719 bits per heavy atom. The van der Waals surface area contributed by atoms with Gasteiger partial charge in [-0.15, -0.1) is 0 Å². The molecule has 0 radical (unpaired) electrons. The van der Waals surface area contributed by atoms with Gasteiger partial charge in [-0.3, -0.25) is 0 Å². The van der Waals surface area contributed by atoms with Gasteiger partial charge < -0.3 is 9.47 Å². The Labute approximate surface area is 373 Å². The van der Waals surface area contributed by atoms with Crippen molar-refractivity contribution in [3.63, 3.8) is 0 Å². The normalized spacial score (nSPS) is 11.4. The molecule has 64 heavy (non-hydrogen) atoms. The molecular weight excluding hydrogens is 773 g/mol. The minimum atomic E-state index is 1.09. The van der Waals surface area contributed by atoms with Gasteiger partial charge in [0.25, 0.3) is 0 Å². The zero-order valence-electron chi connectivity index (χ0n) is 35.1. The fourth-order valence-electron chi connectivity index (χ4n) is 9.70. The summed E-state index contributed by atoms with van der Waals surface area (Å²) in [5.41, 5.74) is 16.4. The highest BCUT2D eigenvalue weighted by molar-refractivity contribution is 6.10. The van der Waals surface area contributed by atoms with E-state index in [-0.39, 0.29) is 0 Å². The molecule has 12 aromatic rings. The summed E-state index contributed by atoms with van der Waals surface area (Å²) in [5.74, 6) is 0. The van der Waals surface area contributed by atoms with E-state index in [0.717, 1.165) is 17.1 Å². The maximum atomic E-state index is 2.41. The van der Waals surface area contributed by atoms with Crippen LogP contribution >= 0.6 is 0 Å².